The molecule has 1 aliphatic heterocycles. The fourth-order valence-electron chi connectivity index (χ4n) is 0.895. The highest BCUT2D eigenvalue weighted by molar-refractivity contribution is 6.22. The third kappa shape index (κ3) is 1.41. The Morgan fingerprint density at radius 1 is 1.80 bits per heavy atom. The molecule has 1 heterocycles. The molecule has 2 unspecified atom stereocenters. The molecule has 1 saturated heterocycles. The number of ether oxygens (including phenoxy) is 2. The van der Waals surface area contributed by atoms with Crippen molar-refractivity contribution in [2.75, 3.05) is 13.7 Å². The summed E-state index contributed by atoms with van der Waals surface area (Å²) in [6.45, 7) is 0.550. The van der Waals surface area contributed by atoms with E-state index in [9.17, 15) is 4.79 Å². The maximum absolute atomic E-state index is 10.8. The van der Waals surface area contributed by atoms with E-state index in [4.69, 9.17) is 16.3 Å². The van der Waals surface area contributed by atoms with Crippen LogP contribution >= 0.6 is 11.6 Å². The van der Waals surface area contributed by atoms with Crippen LogP contribution < -0.4 is 0 Å². The van der Waals surface area contributed by atoms with Crippen LogP contribution in [0.2, 0.25) is 0 Å². The quantitative estimate of drug-likeness (QED) is 0.420. The molecule has 0 saturated carbocycles. The van der Waals surface area contributed by atoms with Gasteiger partial charge in [-0.25, -0.2) is 4.79 Å². The summed E-state index contributed by atoms with van der Waals surface area (Å²) in [4.78, 5) is 10.8. The summed E-state index contributed by atoms with van der Waals surface area (Å²) in [6.07, 6.45) is 0.174. The van der Waals surface area contributed by atoms with Crippen LogP contribution in [0.15, 0.2) is 0 Å². The maximum atomic E-state index is 10.8. The average molecular weight is 165 g/mol. The van der Waals surface area contributed by atoms with E-state index in [1.165, 1.54) is 7.11 Å². The molecule has 4 heteroatoms. The Bertz CT molecular complexity index is 137. The number of rotatable bonds is 1. The first kappa shape index (κ1) is 7.82. The first-order valence-electron chi connectivity index (χ1n) is 3.09. The van der Waals surface area contributed by atoms with Crippen molar-refractivity contribution in [3.05, 3.63) is 0 Å². The van der Waals surface area contributed by atoms with Crippen molar-refractivity contribution in [2.45, 2.75) is 17.9 Å². The molecule has 0 aliphatic carbocycles. The molecule has 0 radical (unpaired) electrons. The Labute approximate surface area is 64.3 Å². The third-order valence-electron chi connectivity index (χ3n) is 1.45. The Morgan fingerprint density at radius 2 is 2.50 bits per heavy atom. The average Bonchev–Trinajstić information content (AvgIpc) is 2.34. The van der Waals surface area contributed by atoms with Gasteiger partial charge in [-0.05, 0) is 6.42 Å². The summed E-state index contributed by atoms with van der Waals surface area (Å²) in [5.41, 5.74) is 0. The number of methoxy groups -OCH3 is 1. The molecule has 0 aromatic carbocycles. The summed E-state index contributed by atoms with van der Waals surface area (Å²) < 4.78 is 9.47. The van der Waals surface area contributed by atoms with E-state index in [2.05, 4.69) is 4.74 Å². The maximum Gasteiger partial charge on any atom is 0.336 e. The second-order valence-electron chi connectivity index (χ2n) is 2.12. The number of hydrogen-bond donors (Lipinski definition) is 0. The van der Waals surface area contributed by atoms with Gasteiger partial charge in [0.2, 0.25) is 0 Å². The van der Waals surface area contributed by atoms with Crippen LogP contribution in [-0.4, -0.2) is 31.2 Å². The van der Waals surface area contributed by atoms with E-state index in [1.807, 2.05) is 0 Å². The molecule has 0 bridgehead atoms. The van der Waals surface area contributed by atoms with Crippen molar-refractivity contribution in [1.82, 2.24) is 0 Å². The van der Waals surface area contributed by atoms with Gasteiger partial charge in [-0.15, -0.1) is 11.6 Å². The van der Waals surface area contributed by atoms with Gasteiger partial charge in [0, 0.05) is 6.61 Å². The van der Waals surface area contributed by atoms with E-state index in [1.54, 1.807) is 0 Å². The van der Waals surface area contributed by atoms with Crippen molar-refractivity contribution in [2.24, 2.45) is 0 Å². The van der Waals surface area contributed by atoms with E-state index >= 15 is 0 Å². The minimum absolute atomic E-state index is 0.215. The highest BCUT2D eigenvalue weighted by atomic mass is 35.5. The van der Waals surface area contributed by atoms with E-state index in [-0.39, 0.29) is 11.3 Å². The van der Waals surface area contributed by atoms with Crippen LogP contribution in [0.4, 0.5) is 0 Å². The molecule has 2 atom stereocenters. The van der Waals surface area contributed by atoms with Crippen molar-refractivity contribution >= 4 is 17.6 Å². The van der Waals surface area contributed by atoms with Crippen LogP contribution in [0.5, 0.6) is 0 Å². The summed E-state index contributed by atoms with van der Waals surface area (Å²) >= 11 is 5.73. The largest absolute Gasteiger partial charge is 0.467 e. The minimum atomic E-state index is -0.549. The first-order valence-corrected chi connectivity index (χ1v) is 3.53. The third-order valence-corrected chi connectivity index (χ3v) is 1.90. The van der Waals surface area contributed by atoms with Gasteiger partial charge in [-0.3, -0.25) is 0 Å². The highest BCUT2D eigenvalue weighted by Crippen LogP contribution is 2.19. The summed E-state index contributed by atoms with van der Waals surface area (Å²) in [5, 5.41) is -0.215. The normalized spacial score (nSPS) is 32.2. The van der Waals surface area contributed by atoms with Crippen LogP contribution in [0.3, 0.4) is 0 Å². The SMILES string of the molecule is COC(=O)C1OCCC1Cl. The Balaban J connectivity index is 2.46. The molecule has 0 spiro atoms. The Hall–Kier alpha value is -0.280. The van der Waals surface area contributed by atoms with E-state index < -0.39 is 6.10 Å². The minimum Gasteiger partial charge on any atom is -0.467 e. The fourth-order valence-corrected chi connectivity index (χ4v) is 1.16. The predicted molar refractivity (Wildman–Crippen MR) is 36.0 cm³/mol. The smallest absolute Gasteiger partial charge is 0.336 e. The van der Waals surface area contributed by atoms with Gasteiger partial charge in [-0.2, -0.15) is 0 Å². The lowest BCUT2D eigenvalue weighted by Crippen LogP contribution is -2.28. The standard InChI is InChI=1S/C6H9ClO3/c1-9-6(8)5-4(7)2-3-10-5/h4-5H,2-3H2,1H3. The number of hydrogen-bond acceptors (Lipinski definition) is 3. The van der Waals surface area contributed by atoms with Crippen LogP contribution in [-0.2, 0) is 14.3 Å². The lowest BCUT2D eigenvalue weighted by atomic mass is 10.2. The van der Waals surface area contributed by atoms with Gasteiger partial charge in [0.15, 0.2) is 6.10 Å². The topological polar surface area (TPSA) is 35.5 Å². The molecular formula is C6H9ClO3. The molecule has 10 heavy (non-hydrogen) atoms. The summed E-state index contributed by atoms with van der Waals surface area (Å²) in [5.74, 6) is -0.377. The van der Waals surface area contributed by atoms with Crippen molar-refractivity contribution < 1.29 is 14.3 Å². The second kappa shape index (κ2) is 3.21. The van der Waals surface area contributed by atoms with Gasteiger partial charge in [-0.1, -0.05) is 0 Å². The van der Waals surface area contributed by atoms with Crippen molar-refractivity contribution in [1.29, 1.82) is 0 Å². The van der Waals surface area contributed by atoms with Gasteiger partial charge in [0.25, 0.3) is 0 Å². The second-order valence-corrected chi connectivity index (χ2v) is 2.68. The lowest BCUT2D eigenvalue weighted by Gasteiger charge is -2.08. The summed E-state index contributed by atoms with van der Waals surface area (Å²) in [6, 6.07) is 0. The highest BCUT2D eigenvalue weighted by Gasteiger charge is 2.33. The van der Waals surface area contributed by atoms with E-state index in [0.717, 1.165) is 6.42 Å². The number of alkyl halides is 1. The summed E-state index contributed by atoms with van der Waals surface area (Å²) in [7, 11) is 1.33. The molecule has 1 fully saturated rings. The molecular weight excluding hydrogens is 156 g/mol. The lowest BCUT2D eigenvalue weighted by molar-refractivity contribution is -0.150. The fraction of sp³-hybridized carbons (Fsp3) is 0.833. The van der Waals surface area contributed by atoms with Gasteiger partial charge in [0.05, 0.1) is 12.5 Å². The number of carbonyl (C=O) groups is 1. The predicted octanol–water partition coefficient (Wildman–Crippen LogP) is 0.556. The van der Waals surface area contributed by atoms with Gasteiger partial charge < -0.3 is 9.47 Å². The molecule has 3 nitrogen and oxygen atoms in total. The zero-order valence-corrected chi connectivity index (χ0v) is 6.43. The Kier molecular flexibility index (Phi) is 2.51. The first-order chi connectivity index (χ1) is 4.75. The molecule has 0 aromatic rings. The van der Waals surface area contributed by atoms with Crippen LogP contribution in [0.1, 0.15) is 6.42 Å². The molecule has 0 aromatic heterocycles. The molecule has 0 amide bonds. The molecule has 1 rings (SSSR count). The zero-order valence-electron chi connectivity index (χ0n) is 5.67. The van der Waals surface area contributed by atoms with Crippen LogP contribution in [0.25, 0.3) is 0 Å². The molecule has 58 valence electrons. The molecule has 1 aliphatic rings. The van der Waals surface area contributed by atoms with E-state index in [0.29, 0.717) is 6.61 Å². The van der Waals surface area contributed by atoms with Crippen LogP contribution in [0, 0.1) is 0 Å². The Morgan fingerprint density at radius 3 is 2.90 bits per heavy atom. The number of esters is 1. The number of halogens is 1. The number of carbonyl (C=O) groups excluding carboxylic acids is 1. The van der Waals surface area contributed by atoms with Crippen molar-refractivity contribution in [3.8, 4) is 0 Å². The monoisotopic (exact) mass is 164 g/mol. The van der Waals surface area contributed by atoms with Gasteiger partial charge >= 0.3 is 5.97 Å². The van der Waals surface area contributed by atoms with Crippen molar-refractivity contribution in [3.63, 3.8) is 0 Å². The van der Waals surface area contributed by atoms with Gasteiger partial charge in [0.1, 0.15) is 0 Å². The zero-order chi connectivity index (χ0) is 7.56. The molecule has 0 N–H and O–H groups in total.